The maximum Gasteiger partial charge on any atom is 0.132 e. The van der Waals surface area contributed by atoms with E-state index in [0.717, 1.165) is 23.3 Å². The smallest absolute Gasteiger partial charge is 0.132 e. The highest BCUT2D eigenvalue weighted by Crippen LogP contribution is 2.23. The number of hydrogen-bond acceptors (Lipinski definition) is 3. The highest BCUT2D eigenvalue weighted by Gasteiger charge is 2.24. The molecule has 0 spiro atoms. The van der Waals surface area contributed by atoms with Crippen molar-refractivity contribution in [2.24, 2.45) is 0 Å². The third-order valence-corrected chi connectivity index (χ3v) is 3.87. The van der Waals surface area contributed by atoms with Gasteiger partial charge in [0.05, 0.1) is 0 Å². The average Bonchev–Trinajstić information content (AvgIpc) is 2.32. The first kappa shape index (κ1) is 12.1. The van der Waals surface area contributed by atoms with E-state index in [2.05, 4.69) is 57.7 Å². The first-order valence-corrected chi connectivity index (χ1v) is 7.25. The zero-order valence-corrected chi connectivity index (χ0v) is 11.9. The van der Waals surface area contributed by atoms with Gasteiger partial charge >= 0.3 is 0 Å². The summed E-state index contributed by atoms with van der Waals surface area (Å²) in [4.78, 5) is 6.98. The van der Waals surface area contributed by atoms with Gasteiger partial charge in [-0.2, -0.15) is 0 Å². The third kappa shape index (κ3) is 2.48. The van der Waals surface area contributed by atoms with Crippen molar-refractivity contribution in [2.75, 3.05) is 18.0 Å². The van der Waals surface area contributed by atoms with Gasteiger partial charge in [-0.1, -0.05) is 28.7 Å². The van der Waals surface area contributed by atoms with Crippen LogP contribution < -0.4 is 10.2 Å². The van der Waals surface area contributed by atoms with E-state index in [4.69, 9.17) is 0 Å². The van der Waals surface area contributed by atoms with Gasteiger partial charge in [0.25, 0.3) is 0 Å². The van der Waals surface area contributed by atoms with E-state index in [-0.39, 0.29) is 0 Å². The van der Waals surface area contributed by atoms with E-state index >= 15 is 0 Å². The van der Waals surface area contributed by atoms with Crippen molar-refractivity contribution in [2.45, 2.75) is 30.4 Å². The second-order valence-corrected chi connectivity index (χ2v) is 5.19. The molecular formula is C12H18IN3. The van der Waals surface area contributed by atoms with Gasteiger partial charge in [-0.3, -0.25) is 0 Å². The molecule has 1 fully saturated rings. The molecule has 1 N–H and O–H groups in total. The Bertz CT molecular complexity index is 356. The van der Waals surface area contributed by atoms with Crippen LogP contribution in [0.25, 0.3) is 0 Å². The zero-order valence-electron chi connectivity index (χ0n) is 9.78. The number of rotatable bonds is 2. The normalized spacial score (nSPS) is 25.8. The van der Waals surface area contributed by atoms with Crippen molar-refractivity contribution in [1.82, 2.24) is 10.3 Å². The number of anilines is 1. The maximum absolute atomic E-state index is 4.55. The molecule has 0 aliphatic carbocycles. The number of alkyl halides is 1. The van der Waals surface area contributed by atoms with Crippen LogP contribution in [-0.4, -0.2) is 30.2 Å². The molecule has 1 saturated heterocycles. The Hall–Kier alpha value is -0.360. The minimum Gasteiger partial charge on any atom is -0.351 e. The van der Waals surface area contributed by atoms with Crippen molar-refractivity contribution in [3.63, 3.8) is 0 Å². The molecule has 0 aromatic carbocycles. The molecule has 1 aliphatic heterocycles. The highest BCUT2D eigenvalue weighted by molar-refractivity contribution is 14.1. The largest absolute Gasteiger partial charge is 0.351 e. The van der Waals surface area contributed by atoms with E-state index in [0.29, 0.717) is 12.1 Å². The molecule has 1 aromatic heterocycles. The average molecular weight is 331 g/mol. The Kier molecular flexibility index (Phi) is 4.02. The summed E-state index contributed by atoms with van der Waals surface area (Å²) >= 11 is 2.41. The molecule has 4 heteroatoms. The molecule has 2 rings (SSSR count). The van der Waals surface area contributed by atoms with Gasteiger partial charge in [0.15, 0.2) is 0 Å². The van der Waals surface area contributed by atoms with E-state index < -0.39 is 0 Å². The molecule has 0 radical (unpaired) electrons. The van der Waals surface area contributed by atoms with Gasteiger partial charge in [-0.25, -0.2) is 4.98 Å². The number of aromatic nitrogens is 1. The van der Waals surface area contributed by atoms with Crippen LogP contribution in [0.5, 0.6) is 0 Å². The zero-order chi connectivity index (χ0) is 11.5. The summed E-state index contributed by atoms with van der Waals surface area (Å²) in [6.45, 7) is 6.57. The molecule has 3 nitrogen and oxygen atoms in total. The summed E-state index contributed by atoms with van der Waals surface area (Å²) < 4.78 is 1.02. The molecule has 2 atom stereocenters. The number of nitrogens with zero attached hydrogens (tertiary/aromatic N) is 2. The molecule has 0 saturated carbocycles. The summed E-state index contributed by atoms with van der Waals surface area (Å²) in [5.74, 6) is 1.16. The number of hydrogen-bond donors (Lipinski definition) is 1. The number of piperazine rings is 1. The lowest BCUT2D eigenvalue weighted by Gasteiger charge is -2.39. The van der Waals surface area contributed by atoms with Gasteiger partial charge in [0.1, 0.15) is 5.82 Å². The van der Waals surface area contributed by atoms with Crippen molar-refractivity contribution < 1.29 is 0 Å². The summed E-state index contributed by atoms with van der Waals surface area (Å²) in [5, 5.41) is 3.50. The topological polar surface area (TPSA) is 28.2 Å². The molecule has 1 aliphatic rings. The predicted molar refractivity (Wildman–Crippen MR) is 76.2 cm³/mol. The van der Waals surface area contributed by atoms with Gasteiger partial charge in [-0.15, -0.1) is 0 Å². The molecule has 16 heavy (non-hydrogen) atoms. The molecule has 1 aromatic rings. The van der Waals surface area contributed by atoms with Crippen LogP contribution in [0.4, 0.5) is 5.82 Å². The predicted octanol–water partition coefficient (Wildman–Crippen LogP) is 2.20. The van der Waals surface area contributed by atoms with E-state index in [1.807, 2.05) is 12.3 Å². The summed E-state index contributed by atoms with van der Waals surface area (Å²) in [6.07, 6.45) is 1.89. The lowest BCUT2D eigenvalue weighted by molar-refractivity contribution is 0.422. The third-order valence-electron chi connectivity index (χ3n) is 3.05. The molecular weight excluding hydrogens is 313 g/mol. The fourth-order valence-corrected chi connectivity index (χ4v) is 2.71. The second-order valence-electron chi connectivity index (χ2n) is 4.43. The first-order valence-electron chi connectivity index (χ1n) is 5.72. The summed E-state index contributed by atoms with van der Waals surface area (Å²) in [5.41, 5.74) is 1.34. The van der Waals surface area contributed by atoms with Crippen molar-refractivity contribution in [1.29, 1.82) is 0 Å². The van der Waals surface area contributed by atoms with Crippen LogP contribution in [0.3, 0.4) is 0 Å². The van der Waals surface area contributed by atoms with Crippen molar-refractivity contribution >= 4 is 28.4 Å². The summed E-state index contributed by atoms with van der Waals surface area (Å²) in [7, 11) is 0. The van der Waals surface area contributed by atoms with Crippen LogP contribution in [0.15, 0.2) is 18.3 Å². The number of pyridine rings is 1. The van der Waals surface area contributed by atoms with E-state index in [1.165, 1.54) is 5.56 Å². The van der Waals surface area contributed by atoms with E-state index in [1.54, 1.807) is 0 Å². The lowest BCUT2D eigenvalue weighted by atomic mass is 10.1. The lowest BCUT2D eigenvalue weighted by Crippen LogP contribution is -2.55. The fourth-order valence-electron chi connectivity index (χ4n) is 2.11. The highest BCUT2D eigenvalue weighted by atomic mass is 127. The summed E-state index contributed by atoms with van der Waals surface area (Å²) in [6, 6.07) is 5.26. The number of nitrogens with one attached hydrogen (secondary N) is 1. The van der Waals surface area contributed by atoms with Crippen LogP contribution >= 0.6 is 22.6 Å². The Morgan fingerprint density at radius 3 is 3.12 bits per heavy atom. The van der Waals surface area contributed by atoms with Crippen LogP contribution in [0.1, 0.15) is 19.4 Å². The van der Waals surface area contributed by atoms with Gasteiger partial charge < -0.3 is 10.2 Å². The second kappa shape index (κ2) is 5.31. The Balaban J connectivity index is 2.27. The maximum atomic E-state index is 4.55. The van der Waals surface area contributed by atoms with Crippen molar-refractivity contribution in [3.05, 3.63) is 23.9 Å². The van der Waals surface area contributed by atoms with Crippen molar-refractivity contribution in [3.8, 4) is 0 Å². The quantitative estimate of drug-likeness (QED) is 0.665. The van der Waals surface area contributed by atoms with Crippen LogP contribution in [-0.2, 0) is 4.43 Å². The Labute approximate surface area is 111 Å². The molecule has 0 bridgehead atoms. The van der Waals surface area contributed by atoms with Crippen LogP contribution in [0.2, 0.25) is 0 Å². The van der Waals surface area contributed by atoms with Crippen LogP contribution in [0, 0.1) is 0 Å². The fraction of sp³-hybridized carbons (Fsp3) is 0.583. The van der Waals surface area contributed by atoms with E-state index in [9.17, 15) is 0 Å². The SMILES string of the molecule is CC1CN(c2ncccc2CI)C(C)CN1. The molecule has 2 heterocycles. The minimum atomic E-state index is 0.521. The molecule has 0 amide bonds. The first-order chi connectivity index (χ1) is 7.72. The monoisotopic (exact) mass is 331 g/mol. The molecule has 2 unspecified atom stereocenters. The minimum absolute atomic E-state index is 0.521. The van der Waals surface area contributed by atoms with Gasteiger partial charge in [0, 0.05) is 41.4 Å². The number of halogens is 1. The standard InChI is InChI=1S/C12H18IN3/c1-9-8-16(10(2)7-15-9)12-11(6-13)4-3-5-14-12/h3-5,9-10,15H,6-8H2,1-2H3. The molecule has 88 valence electrons. The Morgan fingerprint density at radius 2 is 2.38 bits per heavy atom. The van der Waals surface area contributed by atoms with Gasteiger partial charge in [-0.05, 0) is 19.9 Å². The van der Waals surface area contributed by atoms with Gasteiger partial charge in [0.2, 0.25) is 0 Å². The Morgan fingerprint density at radius 1 is 1.56 bits per heavy atom.